The summed E-state index contributed by atoms with van der Waals surface area (Å²) >= 11 is 0. The minimum atomic E-state index is -0.535. The van der Waals surface area contributed by atoms with Crippen LogP contribution in [-0.4, -0.2) is 30.3 Å². The van der Waals surface area contributed by atoms with Gasteiger partial charge < -0.3 is 19.3 Å². The van der Waals surface area contributed by atoms with Gasteiger partial charge in [-0.15, -0.1) is 0 Å². The molecule has 1 N–H and O–H groups in total. The first kappa shape index (κ1) is 20.3. The lowest BCUT2D eigenvalue weighted by Crippen LogP contribution is -2.32. The van der Waals surface area contributed by atoms with Gasteiger partial charge in [-0.25, -0.2) is 4.39 Å². The Morgan fingerprint density at radius 3 is 2.52 bits per heavy atom. The van der Waals surface area contributed by atoms with Gasteiger partial charge in [0.05, 0.1) is 14.2 Å². The van der Waals surface area contributed by atoms with E-state index in [-0.39, 0.29) is 17.4 Å². The van der Waals surface area contributed by atoms with E-state index in [4.69, 9.17) is 14.0 Å². The Morgan fingerprint density at radius 1 is 1.10 bits per heavy atom. The molecule has 0 saturated heterocycles. The van der Waals surface area contributed by atoms with Gasteiger partial charge in [0.1, 0.15) is 11.9 Å². The Labute approximate surface area is 167 Å². The van der Waals surface area contributed by atoms with Crippen molar-refractivity contribution >= 4 is 5.91 Å². The van der Waals surface area contributed by atoms with E-state index in [0.717, 1.165) is 0 Å². The molecule has 1 unspecified atom stereocenters. The molecular weight excluding hydrogens is 377 g/mol. The average Bonchev–Trinajstić information content (AvgIpc) is 3.20. The monoisotopic (exact) mass is 399 g/mol. The number of amides is 1. The van der Waals surface area contributed by atoms with Crippen molar-refractivity contribution in [2.45, 2.75) is 19.9 Å². The molecule has 152 valence electrons. The molecule has 1 amide bonds. The maximum Gasteiger partial charge on any atom is 0.252 e. The average molecular weight is 399 g/mol. The highest BCUT2D eigenvalue weighted by molar-refractivity contribution is 5.94. The van der Waals surface area contributed by atoms with Crippen molar-refractivity contribution in [2.75, 3.05) is 14.2 Å². The van der Waals surface area contributed by atoms with Crippen LogP contribution in [0, 0.1) is 11.7 Å². The number of carbonyl (C=O) groups is 1. The number of rotatable bonds is 7. The zero-order valence-corrected chi connectivity index (χ0v) is 16.6. The summed E-state index contributed by atoms with van der Waals surface area (Å²) in [5.74, 6) is 0.798. The van der Waals surface area contributed by atoms with Crippen LogP contribution >= 0.6 is 0 Å². The van der Waals surface area contributed by atoms with Gasteiger partial charge in [0, 0.05) is 11.1 Å². The van der Waals surface area contributed by atoms with Crippen LogP contribution in [0.4, 0.5) is 4.39 Å². The number of benzene rings is 2. The fraction of sp³-hybridized carbons (Fsp3) is 0.286. The van der Waals surface area contributed by atoms with Gasteiger partial charge in [-0.3, -0.25) is 4.79 Å². The van der Waals surface area contributed by atoms with Crippen LogP contribution in [0.15, 0.2) is 47.0 Å². The molecule has 2 aromatic carbocycles. The van der Waals surface area contributed by atoms with E-state index in [9.17, 15) is 9.18 Å². The van der Waals surface area contributed by atoms with Crippen molar-refractivity contribution in [3.8, 4) is 22.9 Å². The summed E-state index contributed by atoms with van der Waals surface area (Å²) in [5, 5.41) is 6.86. The highest BCUT2D eigenvalue weighted by Crippen LogP contribution is 2.32. The van der Waals surface area contributed by atoms with Gasteiger partial charge in [0.25, 0.3) is 5.91 Å². The lowest BCUT2D eigenvalue weighted by atomic mass is 10.0. The Hall–Kier alpha value is -3.42. The Bertz CT molecular complexity index is 1000. The zero-order valence-electron chi connectivity index (χ0n) is 16.6. The number of hydrogen-bond acceptors (Lipinski definition) is 6. The lowest BCUT2D eigenvalue weighted by Gasteiger charge is -2.18. The third kappa shape index (κ3) is 4.53. The van der Waals surface area contributed by atoms with Crippen molar-refractivity contribution in [2.24, 2.45) is 5.92 Å². The summed E-state index contributed by atoms with van der Waals surface area (Å²) in [6.45, 7) is 3.83. The molecule has 0 spiro atoms. The largest absolute Gasteiger partial charge is 0.493 e. The van der Waals surface area contributed by atoms with Crippen molar-refractivity contribution in [3.63, 3.8) is 0 Å². The molecule has 0 aliphatic rings. The van der Waals surface area contributed by atoms with Crippen molar-refractivity contribution < 1.29 is 23.2 Å². The fourth-order valence-corrected chi connectivity index (χ4v) is 2.82. The third-order valence-electron chi connectivity index (χ3n) is 4.39. The quantitative estimate of drug-likeness (QED) is 0.646. The van der Waals surface area contributed by atoms with E-state index in [2.05, 4.69) is 15.5 Å². The van der Waals surface area contributed by atoms with E-state index in [1.165, 1.54) is 18.2 Å². The maximum absolute atomic E-state index is 13.4. The summed E-state index contributed by atoms with van der Waals surface area (Å²) in [4.78, 5) is 17.0. The topological polar surface area (TPSA) is 86.5 Å². The van der Waals surface area contributed by atoms with Crippen LogP contribution in [0.25, 0.3) is 11.4 Å². The molecule has 0 fully saturated rings. The number of ether oxygens (including phenoxy) is 2. The number of nitrogens with one attached hydrogen (secondary N) is 1. The van der Waals surface area contributed by atoms with Crippen molar-refractivity contribution in [3.05, 3.63) is 59.7 Å². The van der Waals surface area contributed by atoms with Gasteiger partial charge in [-0.2, -0.15) is 4.98 Å². The standard InChI is InChI=1S/C21H22FN3O4/c1-12(2)18(23-20(26)14-6-5-7-15(22)10-14)21-24-19(25-29-21)13-8-9-16(27-3)17(11-13)28-4/h5-12,18H,1-4H3,(H,23,26). The third-order valence-corrected chi connectivity index (χ3v) is 4.39. The SMILES string of the molecule is COc1ccc(-c2noc(C(NC(=O)c3cccc(F)c3)C(C)C)n2)cc1OC. The number of halogens is 1. The molecule has 3 rings (SSSR count). The molecule has 0 radical (unpaired) electrons. The van der Waals surface area contributed by atoms with Crippen LogP contribution in [0.3, 0.4) is 0 Å². The lowest BCUT2D eigenvalue weighted by molar-refractivity contribution is 0.0913. The van der Waals surface area contributed by atoms with Crippen LogP contribution in [0.5, 0.6) is 11.5 Å². The molecule has 7 nitrogen and oxygen atoms in total. The summed E-state index contributed by atoms with van der Waals surface area (Å²) < 4.78 is 29.4. The van der Waals surface area contributed by atoms with Crippen LogP contribution in [-0.2, 0) is 0 Å². The van der Waals surface area contributed by atoms with Gasteiger partial charge in [0.2, 0.25) is 11.7 Å². The predicted octanol–water partition coefficient (Wildman–Crippen LogP) is 4.02. The van der Waals surface area contributed by atoms with E-state index in [0.29, 0.717) is 22.9 Å². The smallest absolute Gasteiger partial charge is 0.252 e. The summed E-state index contributed by atoms with van der Waals surface area (Å²) in [6.07, 6.45) is 0. The van der Waals surface area contributed by atoms with Gasteiger partial charge in [0.15, 0.2) is 11.5 Å². The van der Waals surface area contributed by atoms with Crippen LogP contribution in [0.1, 0.15) is 36.1 Å². The minimum Gasteiger partial charge on any atom is -0.493 e. The molecule has 3 aromatic rings. The molecule has 1 atom stereocenters. The summed E-state index contributed by atoms with van der Waals surface area (Å²) in [7, 11) is 3.10. The van der Waals surface area contributed by atoms with E-state index >= 15 is 0 Å². The highest BCUT2D eigenvalue weighted by atomic mass is 19.1. The van der Waals surface area contributed by atoms with E-state index < -0.39 is 17.8 Å². The van der Waals surface area contributed by atoms with E-state index in [1.807, 2.05) is 13.8 Å². The molecule has 0 bridgehead atoms. The second-order valence-electron chi connectivity index (χ2n) is 6.73. The van der Waals surface area contributed by atoms with Gasteiger partial charge >= 0.3 is 0 Å². The maximum atomic E-state index is 13.4. The molecule has 1 heterocycles. The molecule has 8 heteroatoms. The van der Waals surface area contributed by atoms with Crippen molar-refractivity contribution in [1.82, 2.24) is 15.5 Å². The minimum absolute atomic E-state index is 0.0359. The number of carbonyl (C=O) groups excluding carboxylic acids is 1. The molecule has 1 aromatic heterocycles. The Balaban J connectivity index is 1.85. The normalized spacial score (nSPS) is 11.9. The molecular formula is C21H22FN3O4. The van der Waals surface area contributed by atoms with Gasteiger partial charge in [-0.05, 0) is 42.3 Å². The second-order valence-corrected chi connectivity index (χ2v) is 6.73. The number of aromatic nitrogens is 2. The molecule has 0 aliphatic carbocycles. The first-order chi connectivity index (χ1) is 13.9. The molecule has 0 aliphatic heterocycles. The summed E-state index contributed by atoms with van der Waals surface area (Å²) in [5.41, 5.74) is 0.895. The van der Waals surface area contributed by atoms with Gasteiger partial charge in [-0.1, -0.05) is 25.1 Å². The Kier molecular flexibility index (Phi) is 6.11. The first-order valence-corrected chi connectivity index (χ1v) is 9.05. The number of hydrogen-bond donors (Lipinski definition) is 1. The summed E-state index contributed by atoms with van der Waals surface area (Å²) in [6, 6.07) is 10.2. The Morgan fingerprint density at radius 2 is 1.86 bits per heavy atom. The molecule has 0 saturated carbocycles. The van der Waals surface area contributed by atoms with Crippen LogP contribution in [0.2, 0.25) is 0 Å². The second kappa shape index (κ2) is 8.72. The molecule has 29 heavy (non-hydrogen) atoms. The van der Waals surface area contributed by atoms with Crippen LogP contribution < -0.4 is 14.8 Å². The number of methoxy groups -OCH3 is 2. The highest BCUT2D eigenvalue weighted by Gasteiger charge is 2.25. The number of nitrogens with zero attached hydrogens (tertiary/aromatic N) is 2. The van der Waals surface area contributed by atoms with Crippen molar-refractivity contribution in [1.29, 1.82) is 0 Å². The predicted molar refractivity (Wildman–Crippen MR) is 104 cm³/mol. The van der Waals surface area contributed by atoms with E-state index in [1.54, 1.807) is 38.5 Å². The fourth-order valence-electron chi connectivity index (χ4n) is 2.82. The first-order valence-electron chi connectivity index (χ1n) is 9.05. The zero-order chi connectivity index (χ0) is 21.0.